The van der Waals surface area contributed by atoms with Gasteiger partial charge in [-0.1, -0.05) is 42.5 Å². The molecule has 0 aliphatic carbocycles. The van der Waals surface area contributed by atoms with Gasteiger partial charge in [-0.15, -0.1) is 0 Å². The van der Waals surface area contributed by atoms with E-state index in [2.05, 4.69) is 15.1 Å². The van der Waals surface area contributed by atoms with E-state index in [4.69, 9.17) is 0 Å². The van der Waals surface area contributed by atoms with Gasteiger partial charge >= 0.3 is 0 Å². The predicted octanol–water partition coefficient (Wildman–Crippen LogP) is 4.17. The molecule has 0 unspecified atom stereocenters. The van der Waals surface area contributed by atoms with Crippen molar-refractivity contribution in [2.45, 2.75) is 20.8 Å². The Morgan fingerprint density at radius 1 is 1.00 bits per heavy atom. The predicted molar refractivity (Wildman–Crippen MR) is 101 cm³/mol. The van der Waals surface area contributed by atoms with Crippen LogP contribution in [0.1, 0.15) is 32.9 Å². The molecular formula is C21H21N3O. The number of carbonyl (C=O) groups excluding carboxylic acids is 1. The molecular weight excluding hydrogens is 310 g/mol. The standard InChI is InChI=1S/C21H21N3O/c1-15-9-7-8-10-18(15)14-22-23-21(25)20-13-16(2)24(17(20)3)19-11-5-4-6-12-19/h4-14H,1-3H3,(H,23,25)/b22-14-. The van der Waals surface area contributed by atoms with Gasteiger partial charge in [0.15, 0.2) is 0 Å². The highest BCUT2D eigenvalue weighted by Gasteiger charge is 2.16. The first-order valence-corrected chi connectivity index (χ1v) is 8.21. The van der Waals surface area contributed by atoms with Crippen LogP contribution in [0.15, 0.2) is 65.8 Å². The van der Waals surface area contributed by atoms with Crippen molar-refractivity contribution in [2.75, 3.05) is 0 Å². The van der Waals surface area contributed by atoms with Crippen molar-refractivity contribution in [3.05, 3.63) is 88.7 Å². The summed E-state index contributed by atoms with van der Waals surface area (Å²) in [6.07, 6.45) is 1.67. The lowest BCUT2D eigenvalue weighted by atomic mass is 10.1. The first kappa shape index (κ1) is 16.7. The van der Waals surface area contributed by atoms with E-state index < -0.39 is 0 Å². The summed E-state index contributed by atoms with van der Waals surface area (Å²) in [4.78, 5) is 12.5. The summed E-state index contributed by atoms with van der Waals surface area (Å²) in [5.41, 5.74) is 8.30. The van der Waals surface area contributed by atoms with E-state index in [1.54, 1.807) is 6.21 Å². The van der Waals surface area contributed by atoms with Gasteiger partial charge in [-0.05, 0) is 50.1 Å². The van der Waals surface area contributed by atoms with E-state index in [0.717, 1.165) is 28.2 Å². The zero-order valence-electron chi connectivity index (χ0n) is 14.7. The van der Waals surface area contributed by atoms with Crippen molar-refractivity contribution in [3.8, 4) is 5.69 Å². The molecule has 0 spiro atoms. The fourth-order valence-electron chi connectivity index (χ4n) is 2.92. The summed E-state index contributed by atoms with van der Waals surface area (Å²) in [5.74, 6) is -0.208. The fourth-order valence-corrected chi connectivity index (χ4v) is 2.92. The molecule has 4 nitrogen and oxygen atoms in total. The summed E-state index contributed by atoms with van der Waals surface area (Å²) in [6, 6.07) is 19.8. The van der Waals surface area contributed by atoms with Gasteiger partial charge in [0.25, 0.3) is 5.91 Å². The van der Waals surface area contributed by atoms with Gasteiger partial charge in [-0.25, -0.2) is 5.43 Å². The number of carbonyl (C=O) groups is 1. The van der Waals surface area contributed by atoms with Gasteiger partial charge in [-0.2, -0.15) is 5.10 Å². The Morgan fingerprint density at radius 2 is 1.68 bits per heavy atom. The molecule has 0 atom stereocenters. The Hall–Kier alpha value is -3.14. The highest BCUT2D eigenvalue weighted by Crippen LogP contribution is 2.20. The summed E-state index contributed by atoms with van der Waals surface area (Å²) < 4.78 is 2.07. The minimum atomic E-state index is -0.208. The molecule has 126 valence electrons. The van der Waals surface area contributed by atoms with Crippen LogP contribution in [0, 0.1) is 20.8 Å². The molecule has 1 amide bonds. The summed E-state index contributed by atoms with van der Waals surface area (Å²) in [7, 11) is 0. The minimum Gasteiger partial charge on any atom is -0.318 e. The SMILES string of the molecule is Cc1ccccc1/C=N\NC(=O)c1cc(C)n(-c2ccccc2)c1C. The molecule has 25 heavy (non-hydrogen) atoms. The Balaban J connectivity index is 1.81. The Bertz CT molecular complexity index is 924. The Labute approximate surface area is 147 Å². The van der Waals surface area contributed by atoms with Crippen molar-refractivity contribution in [1.82, 2.24) is 9.99 Å². The van der Waals surface area contributed by atoms with E-state index in [1.807, 2.05) is 81.4 Å². The van der Waals surface area contributed by atoms with Crippen molar-refractivity contribution in [1.29, 1.82) is 0 Å². The van der Waals surface area contributed by atoms with Crippen molar-refractivity contribution < 1.29 is 4.79 Å². The molecule has 0 bridgehead atoms. The van der Waals surface area contributed by atoms with Gasteiger partial charge in [0, 0.05) is 17.1 Å². The number of hydrogen-bond donors (Lipinski definition) is 1. The number of aryl methyl sites for hydroxylation is 2. The molecule has 3 rings (SSSR count). The molecule has 0 saturated heterocycles. The third-order valence-electron chi connectivity index (χ3n) is 4.25. The second-order valence-corrected chi connectivity index (χ2v) is 6.01. The molecule has 1 aromatic heterocycles. The number of amides is 1. The number of nitrogens with one attached hydrogen (secondary N) is 1. The maximum absolute atomic E-state index is 12.5. The molecule has 0 aliphatic heterocycles. The number of aromatic nitrogens is 1. The summed E-state index contributed by atoms with van der Waals surface area (Å²) in [5, 5.41) is 4.10. The first-order valence-electron chi connectivity index (χ1n) is 8.21. The average molecular weight is 331 g/mol. The van der Waals surface area contributed by atoms with E-state index in [0.29, 0.717) is 5.56 Å². The van der Waals surface area contributed by atoms with Crippen LogP contribution in [-0.2, 0) is 0 Å². The maximum atomic E-state index is 12.5. The molecule has 0 radical (unpaired) electrons. The smallest absolute Gasteiger partial charge is 0.273 e. The van der Waals surface area contributed by atoms with E-state index >= 15 is 0 Å². The highest BCUT2D eigenvalue weighted by molar-refractivity contribution is 5.96. The van der Waals surface area contributed by atoms with Crippen LogP contribution in [0.4, 0.5) is 0 Å². The summed E-state index contributed by atoms with van der Waals surface area (Å²) >= 11 is 0. The Morgan fingerprint density at radius 3 is 2.40 bits per heavy atom. The lowest BCUT2D eigenvalue weighted by Gasteiger charge is -2.09. The third kappa shape index (κ3) is 3.53. The molecule has 4 heteroatoms. The molecule has 3 aromatic rings. The van der Waals surface area contributed by atoms with Crippen LogP contribution >= 0.6 is 0 Å². The Kier molecular flexibility index (Phi) is 4.80. The normalized spacial score (nSPS) is 11.0. The topological polar surface area (TPSA) is 46.4 Å². The molecule has 1 heterocycles. The first-order chi connectivity index (χ1) is 12.1. The molecule has 0 saturated carbocycles. The maximum Gasteiger partial charge on any atom is 0.273 e. The van der Waals surface area contributed by atoms with Gasteiger partial charge in [0.05, 0.1) is 11.8 Å². The van der Waals surface area contributed by atoms with E-state index in [-0.39, 0.29) is 5.91 Å². The van der Waals surface area contributed by atoms with Gasteiger partial charge < -0.3 is 4.57 Å². The van der Waals surface area contributed by atoms with Crippen molar-refractivity contribution in [2.24, 2.45) is 5.10 Å². The monoisotopic (exact) mass is 331 g/mol. The second kappa shape index (κ2) is 7.18. The summed E-state index contributed by atoms with van der Waals surface area (Å²) in [6.45, 7) is 5.95. The number of nitrogens with zero attached hydrogens (tertiary/aromatic N) is 2. The van der Waals surface area contributed by atoms with Crippen LogP contribution in [-0.4, -0.2) is 16.7 Å². The lowest BCUT2D eigenvalue weighted by molar-refractivity contribution is 0.0954. The van der Waals surface area contributed by atoms with E-state index in [9.17, 15) is 4.79 Å². The second-order valence-electron chi connectivity index (χ2n) is 6.01. The third-order valence-corrected chi connectivity index (χ3v) is 4.25. The zero-order chi connectivity index (χ0) is 17.8. The van der Waals surface area contributed by atoms with Crippen LogP contribution in [0.3, 0.4) is 0 Å². The van der Waals surface area contributed by atoms with Gasteiger partial charge in [0.2, 0.25) is 0 Å². The average Bonchev–Trinajstić information content (AvgIpc) is 2.92. The largest absolute Gasteiger partial charge is 0.318 e. The molecule has 1 N–H and O–H groups in total. The molecule has 2 aromatic carbocycles. The van der Waals surface area contributed by atoms with Crippen LogP contribution in [0.2, 0.25) is 0 Å². The quantitative estimate of drug-likeness (QED) is 0.566. The van der Waals surface area contributed by atoms with Crippen LogP contribution in [0.5, 0.6) is 0 Å². The van der Waals surface area contributed by atoms with E-state index in [1.165, 1.54) is 0 Å². The minimum absolute atomic E-state index is 0.208. The number of benzene rings is 2. The van der Waals surface area contributed by atoms with Gasteiger partial charge in [0.1, 0.15) is 0 Å². The van der Waals surface area contributed by atoms with Crippen molar-refractivity contribution in [3.63, 3.8) is 0 Å². The number of para-hydroxylation sites is 1. The lowest BCUT2D eigenvalue weighted by Crippen LogP contribution is -2.18. The van der Waals surface area contributed by atoms with Crippen molar-refractivity contribution >= 4 is 12.1 Å². The fraction of sp³-hybridized carbons (Fsp3) is 0.143. The molecule has 0 aliphatic rings. The number of hydrogen-bond acceptors (Lipinski definition) is 2. The zero-order valence-corrected chi connectivity index (χ0v) is 14.7. The van der Waals surface area contributed by atoms with Crippen LogP contribution < -0.4 is 5.43 Å². The number of rotatable bonds is 4. The van der Waals surface area contributed by atoms with Crippen LogP contribution in [0.25, 0.3) is 5.69 Å². The number of hydrazone groups is 1. The molecule has 0 fully saturated rings. The van der Waals surface area contributed by atoms with Gasteiger partial charge in [-0.3, -0.25) is 4.79 Å². The highest BCUT2D eigenvalue weighted by atomic mass is 16.2.